The van der Waals surface area contributed by atoms with Crippen LogP contribution in [-0.2, 0) is 14.3 Å². The van der Waals surface area contributed by atoms with Gasteiger partial charge in [-0.25, -0.2) is 4.79 Å². The Hall–Kier alpha value is -2.67. The van der Waals surface area contributed by atoms with Crippen molar-refractivity contribution in [1.82, 2.24) is 5.32 Å². The molecule has 1 aromatic carbocycles. The molecule has 1 heterocycles. The van der Waals surface area contributed by atoms with Crippen LogP contribution in [0.2, 0.25) is 5.02 Å². The average Bonchev–Trinajstić information content (AvgIpc) is 2.63. The van der Waals surface area contributed by atoms with E-state index in [4.69, 9.17) is 16.3 Å². The van der Waals surface area contributed by atoms with Gasteiger partial charge in [0.15, 0.2) is 5.78 Å². The van der Waals surface area contributed by atoms with Gasteiger partial charge in [0.25, 0.3) is 5.69 Å². The van der Waals surface area contributed by atoms with Crippen molar-refractivity contribution in [2.24, 2.45) is 5.41 Å². The summed E-state index contributed by atoms with van der Waals surface area (Å²) >= 11 is 6.13. The summed E-state index contributed by atoms with van der Waals surface area (Å²) in [6, 6.07) is 4.16. The zero-order valence-corrected chi connectivity index (χ0v) is 16.8. The van der Waals surface area contributed by atoms with Gasteiger partial charge in [0.1, 0.15) is 0 Å². The predicted molar refractivity (Wildman–Crippen MR) is 104 cm³/mol. The van der Waals surface area contributed by atoms with Gasteiger partial charge in [0.2, 0.25) is 0 Å². The zero-order chi connectivity index (χ0) is 20.8. The van der Waals surface area contributed by atoms with Crippen LogP contribution >= 0.6 is 11.6 Å². The number of nitrogens with one attached hydrogen (secondary N) is 1. The van der Waals surface area contributed by atoms with Gasteiger partial charge in [-0.05, 0) is 31.9 Å². The fourth-order valence-corrected chi connectivity index (χ4v) is 4.07. The summed E-state index contributed by atoms with van der Waals surface area (Å²) in [6.07, 6.45) is 1.24. The van der Waals surface area contributed by atoms with E-state index < -0.39 is 22.2 Å². The third-order valence-corrected chi connectivity index (χ3v) is 5.64. The first-order valence-electron chi connectivity index (χ1n) is 8.86. The first kappa shape index (κ1) is 20.1. The number of halogens is 1. The maximum absolute atomic E-state index is 13.3. The molecule has 1 N–H and O–H groups in total. The fourth-order valence-electron chi connectivity index (χ4n) is 3.89. The summed E-state index contributed by atoms with van der Waals surface area (Å²) in [5.74, 6) is -1.71. The third kappa shape index (κ3) is 3.20. The molecule has 8 heteroatoms. The van der Waals surface area contributed by atoms with Crippen LogP contribution in [-0.4, -0.2) is 23.8 Å². The van der Waals surface area contributed by atoms with E-state index in [-0.39, 0.29) is 27.6 Å². The molecule has 1 atom stereocenters. The number of benzene rings is 1. The second-order valence-electron chi connectivity index (χ2n) is 7.65. The number of allylic oxidation sites excluding steroid dienone is 3. The van der Waals surface area contributed by atoms with Crippen molar-refractivity contribution in [2.75, 3.05) is 7.11 Å². The lowest BCUT2D eigenvalue weighted by atomic mass is 9.67. The van der Waals surface area contributed by atoms with Gasteiger partial charge >= 0.3 is 5.97 Å². The summed E-state index contributed by atoms with van der Waals surface area (Å²) in [7, 11) is 1.24. The predicted octanol–water partition coefficient (Wildman–Crippen LogP) is 4.03. The largest absolute Gasteiger partial charge is 0.466 e. The number of hydrogen-bond acceptors (Lipinski definition) is 6. The van der Waals surface area contributed by atoms with Gasteiger partial charge < -0.3 is 10.1 Å². The number of rotatable bonds is 3. The van der Waals surface area contributed by atoms with Crippen molar-refractivity contribution in [1.29, 1.82) is 0 Å². The standard InChI is InChI=1S/C20H21ClN2O5/c1-10-15(19(25)28-4)16(12-9-11(21)5-6-14(12)23(26)27)17-13(22-10)7-8-20(2,3)18(17)24/h5-6,9,16,22H,7-8H2,1-4H3. The Bertz CT molecular complexity index is 961. The SMILES string of the molecule is COC(=O)C1=C(C)NC2=C(C(=O)C(C)(C)CC2)C1c1cc(Cl)ccc1[N+](=O)[O-]. The molecule has 0 spiro atoms. The van der Waals surface area contributed by atoms with Crippen molar-refractivity contribution in [3.63, 3.8) is 0 Å². The number of esters is 1. The van der Waals surface area contributed by atoms with Gasteiger partial charge in [-0.3, -0.25) is 14.9 Å². The van der Waals surface area contributed by atoms with Crippen LogP contribution in [0.3, 0.4) is 0 Å². The van der Waals surface area contributed by atoms with Gasteiger partial charge in [0, 0.05) is 39.0 Å². The van der Waals surface area contributed by atoms with Gasteiger partial charge in [0.05, 0.1) is 23.5 Å². The Morgan fingerprint density at radius 1 is 1.39 bits per heavy atom. The highest BCUT2D eigenvalue weighted by Crippen LogP contribution is 2.49. The number of hydrogen-bond donors (Lipinski definition) is 1. The molecule has 0 radical (unpaired) electrons. The number of nitro groups is 1. The van der Waals surface area contributed by atoms with E-state index in [1.807, 2.05) is 13.8 Å². The molecule has 1 unspecified atom stereocenters. The highest BCUT2D eigenvalue weighted by atomic mass is 35.5. The molecule has 3 rings (SSSR count). The van der Waals surface area contributed by atoms with Gasteiger partial charge in [-0.1, -0.05) is 25.4 Å². The molecule has 1 aliphatic heterocycles. The topological polar surface area (TPSA) is 98.5 Å². The minimum atomic E-state index is -0.921. The molecule has 0 saturated carbocycles. The van der Waals surface area contributed by atoms with E-state index in [1.165, 1.54) is 25.3 Å². The number of carbonyl (C=O) groups is 2. The first-order valence-corrected chi connectivity index (χ1v) is 9.24. The Labute approximate surface area is 167 Å². The Kier molecular flexibility index (Phi) is 5.06. The van der Waals surface area contributed by atoms with Crippen molar-refractivity contribution in [3.8, 4) is 0 Å². The zero-order valence-electron chi connectivity index (χ0n) is 16.1. The van der Waals surface area contributed by atoms with Gasteiger partial charge in [-0.15, -0.1) is 0 Å². The van der Waals surface area contributed by atoms with E-state index in [9.17, 15) is 19.7 Å². The lowest BCUT2D eigenvalue weighted by Gasteiger charge is -2.39. The first-order chi connectivity index (χ1) is 13.1. The van der Waals surface area contributed by atoms with E-state index in [0.717, 1.165) is 0 Å². The van der Waals surface area contributed by atoms with Crippen molar-refractivity contribution >= 4 is 29.0 Å². The van der Waals surface area contributed by atoms with E-state index in [2.05, 4.69) is 5.32 Å². The van der Waals surface area contributed by atoms with Crippen molar-refractivity contribution < 1.29 is 19.2 Å². The van der Waals surface area contributed by atoms with Crippen LogP contribution in [0.4, 0.5) is 5.69 Å². The monoisotopic (exact) mass is 404 g/mol. The minimum Gasteiger partial charge on any atom is -0.466 e. The average molecular weight is 405 g/mol. The molecule has 7 nitrogen and oxygen atoms in total. The fraction of sp³-hybridized carbons (Fsp3) is 0.400. The third-order valence-electron chi connectivity index (χ3n) is 5.41. The number of Topliss-reactive ketones (excluding diaryl/α,β-unsaturated/α-hetero) is 1. The molecule has 1 aliphatic carbocycles. The van der Waals surface area contributed by atoms with Crippen LogP contribution in [0.5, 0.6) is 0 Å². The smallest absolute Gasteiger partial charge is 0.336 e. The summed E-state index contributed by atoms with van der Waals surface area (Å²) in [5, 5.41) is 15.1. The second-order valence-corrected chi connectivity index (χ2v) is 8.09. The Balaban J connectivity index is 2.34. The maximum Gasteiger partial charge on any atom is 0.336 e. The molecule has 0 aromatic heterocycles. The minimum absolute atomic E-state index is 0.144. The van der Waals surface area contributed by atoms with Crippen LogP contribution < -0.4 is 5.32 Å². The van der Waals surface area contributed by atoms with Crippen molar-refractivity contribution in [2.45, 2.75) is 39.5 Å². The number of methoxy groups -OCH3 is 1. The lowest BCUT2D eigenvalue weighted by molar-refractivity contribution is -0.385. The summed E-state index contributed by atoms with van der Waals surface area (Å²) in [6.45, 7) is 5.38. The number of carbonyl (C=O) groups excluding carboxylic acids is 2. The van der Waals surface area contributed by atoms with Crippen LogP contribution in [0.15, 0.2) is 40.7 Å². The highest BCUT2D eigenvalue weighted by molar-refractivity contribution is 6.30. The Morgan fingerprint density at radius 3 is 2.68 bits per heavy atom. The number of ether oxygens (including phenoxy) is 1. The molecule has 2 aliphatic rings. The molecule has 28 heavy (non-hydrogen) atoms. The molecule has 0 saturated heterocycles. The molecule has 148 valence electrons. The Morgan fingerprint density at radius 2 is 2.07 bits per heavy atom. The normalized spacial score (nSPS) is 21.2. The summed E-state index contributed by atoms with van der Waals surface area (Å²) < 4.78 is 4.94. The molecular formula is C20H21ClN2O5. The van der Waals surface area contributed by atoms with E-state index >= 15 is 0 Å². The molecule has 0 fully saturated rings. The number of dihydropyridines is 1. The summed E-state index contributed by atoms with van der Waals surface area (Å²) in [4.78, 5) is 37.1. The highest BCUT2D eigenvalue weighted by Gasteiger charge is 2.46. The molecule has 0 bridgehead atoms. The molecule has 0 amide bonds. The quantitative estimate of drug-likeness (QED) is 0.464. The number of nitrogens with zero attached hydrogens (tertiary/aromatic N) is 1. The van der Waals surface area contributed by atoms with Crippen LogP contribution in [0, 0.1) is 15.5 Å². The number of nitro benzene ring substituents is 1. The van der Waals surface area contributed by atoms with E-state index in [0.29, 0.717) is 29.8 Å². The van der Waals surface area contributed by atoms with Crippen LogP contribution in [0.25, 0.3) is 0 Å². The van der Waals surface area contributed by atoms with E-state index in [1.54, 1.807) is 6.92 Å². The lowest BCUT2D eigenvalue weighted by Crippen LogP contribution is -2.40. The van der Waals surface area contributed by atoms with Crippen molar-refractivity contribution in [3.05, 3.63) is 61.4 Å². The summed E-state index contributed by atoms with van der Waals surface area (Å²) in [5.41, 5.74) is 1.11. The number of ketones is 1. The second kappa shape index (κ2) is 7.05. The van der Waals surface area contributed by atoms with Crippen LogP contribution in [0.1, 0.15) is 45.1 Å². The van der Waals surface area contributed by atoms with Gasteiger partial charge in [-0.2, -0.15) is 0 Å². The maximum atomic E-state index is 13.3. The molecular weight excluding hydrogens is 384 g/mol. The molecule has 1 aromatic rings.